The van der Waals surface area contributed by atoms with E-state index in [4.69, 9.17) is 10.5 Å². The molecule has 1 aliphatic heterocycles. The number of rotatable bonds is 3. The van der Waals surface area contributed by atoms with Gasteiger partial charge >= 0.3 is 0 Å². The number of para-hydroxylation sites is 1. The van der Waals surface area contributed by atoms with E-state index in [0.29, 0.717) is 19.7 Å². The Balaban J connectivity index is 2.10. The Bertz CT molecular complexity index is 420. The minimum absolute atomic E-state index is 0.0251. The van der Waals surface area contributed by atoms with E-state index in [2.05, 4.69) is 0 Å². The van der Waals surface area contributed by atoms with Gasteiger partial charge in [0.05, 0.1) is 12.6 Å². The number of benzene rings is 1. The quantitative estimate of drug-likeness (QED) is 0.882. The molecule has 1 aromatic carbocycles. The molecular formula is C14H20N2O2. The van der Waals surface area contributed by atoms with Crippen molar-refractivity contribution in [3.8, 4) is 5.75 Å². The molecule has 0 aromatic heterocycles. The molecule has 1 aromatic rings. The zero-order valence-corrected chi connectivity index (χ0v) is 10.8. The first-order valence-corrected chi connectivity index (χ1v) is 6.47. The molecule has 1 amide bonds. The maximum absolute atomic E-state index is 12.2. The number of ether oxygens (including phenoxy) is 1. The number of nitrogens with zero attached hydrogens (tertiary/aromatic N) is 1. The van der Waals surface area contributed by atoms with Gasteiger partial charge in [-0.2, -0.15) is 0 Å². The fourth-order valence-corrected chi connectivity index (χ4v) is 2.18. The van der Waals surface area contributed by atoms with Crippen LogP contribution in [0, 0.1) is 0 Å². The van der Waals surface area contributed by atoms with Crippen molar-refractivity contribution in [2.24, 2.45) is 5.73 Å². The van der Waals surface area contributed by atoms with E-state index in [0.717, 1.165) is 24.2 Å². The highest BCUT2D eigenvalue weighted by Gasteiger charge is 2.23. The van der Waals surface area contributed by atoms with Gasteiger partial charge in [-0.05, 0) is 12.5 Å². The summed E-state index contributed by atoms with van der Waals surface area (Å²) in [6.07, 6.45) is 1.66. The van der Waals surface area contributed by atoms with Gasteiger partial charge in [-0.3, -0.25) is 4.79 Å². The first-order chi connectivity index (χ1) is 8.72. The Kier molecular flexibility index (Phi) is 4.20. The Labute approximate surface area is 108 Å². The summed E-state index contributed by atoms with van der Waals surface area (Å²) in [5.41, 5.74) is 6.95. The Morgan fingerprint density at radius 3 is 3.06 bits per heavy atom. The fourth-order valence-electron chi connectivity index (χ4n) is 2.18. The second kappa shape index (κ2) is 5.87. The van der Waals surface area contributed by atoms with Crippen molar-refractivity contribution in [1.29, 1.82) is 0 Å². The summed E-state index contributed by atoms with van der Waals surface area (Å²) in [6, 6.07) is 7.45. The van der Waals surface area contributed by atoms with Crippen molar-refractivity contribution in [2.45, 2.75) is 32.4 Å². The van der Waals surface area contributed by atoms with E-state index < -0.39 is 0 Å². The van der Waals surface area contributed by atoms with Gasteiger partial charge in [0.25, 0.3) is 0 Å². The maximum atomic E-state index is 12.2. The lowest BCUT2D eigenvalue weighted by Crippen LogP contribution is -2.44. The van der Waals surface area contributed by atoms with Gasteiger partial charge in [-0.25, -0.2) is 0 Å². The molecule has 0 radical (unpaired) electrons. The largest absolute Gasteiger partial charge is 0.491 e. The minimum atomic E-state index is -0.389. The van der Waals surface area contributed by atoms with Crippen LogP contribution in [0.25, 0.3) is 0 Å². The monoisotopic (exact) mass is 248 g/mol. The second-order valence-electron chi connectivity index (χ2n) is 4.61. The van der Waals surface area contributed by atoms with Crippen molar-refractivity contribution >= 4 is 5.91 Å². The lowest BCUT2D eigenvalue weighted by Gasteiger charge is -2.23. The molecule has 98 valence electrons. The van der Waals surface area contributed by atoms with Crippen molar-refractivity contribution in [3.05, 3.63) is 29.8 Å². The molecule has 18 heavy (non-hydrogen) atoms. The van der Waals surface area contributed by atoms with Crippen LogP contribution in [-0.2, 0) is 11.3 Å². The summed E-state index contributed by atoms with van der Waals surface area (Å²) in [5.74, 6) is 0.897. The van der Waals surface area contributed by atoms with Gasteiger partial charge in [0.2, 0.25) is 5.91 Å². The van der Waals surface area contributed by atoms with Crippen LogP contribution >= 0.6 is 0 Å². The number of hydrogen-bond donors (Lipinski definition) is 1. The van der Waals surface area contributed by atoms with Gasteiger partial charge < -0.3 is 15.4 Å². The summed E-state index contributed by atoms with van der Waals surface area (Å²) in [6.45, 7) is 3.76. The summed E-state index contributed by atoms with van der Waals surface area (Å²) in [4.78, 5) is 14.0. The molecule has 4 heteroatoms. The summed E-state index contributed by atoms with van der Waals surface area (Å²) in [5, 5.41) is 0. The third-order valence-corrected chi connectivity index (χ3v) is 3.18. The normalized spacial score (nSPS) is 16.4. The fraction of sp³-hybridized carbons (Fsp3) is 0.500. The average molecular weight is 248 g/mol. The van der Waals surface area contributed by atoms with Gasteiger partial charge in [0.15, 0.2) is 0 Å². The molecule has 0 unspecified atom stereocenters. The summed E-state index contributed by atoms with van der Waals surface area (Å²) >= 11 is 0. The smallest absolute Gasteiger partial charge is 0.239 e. The van der Waals surface area contributed by atoms with E-state index in [1.54, 1.807) is 4.90 Å². The highest BCUT2D eigenvalue weighted by atomic mass is 16.5. The standard InChI is InChI=1S/C14H20N2O2/c1-2-5-12(15)14(17)16-8-9-18-13-7-4-3-6-11(13)10-16/h3-4,6-7,12H,2,5,8-10,15H2,1H3/t12-/m0/s1. The van der Waals surface area contributed by atoms with Crippen LogP contribution in [0.5, 0.6) is 5.75 Å². The first kappa shape index (κ1) is 12.9. The van der Waals surface area contributed by atoms with Crippen LogP contribution in [0.1, 0.15) is 25.3 Å². The van der Waals surface area contributed by atoms with Crippen LogP contribution in [0.15, 0.2) is 24.3 Å². The molecule has 4 nitrogen and oxygen atoms in total. The summed E-state index contributed by atoms with van der Waals surface area (Å²) < 4.78 is 5.63. The molecule has 1 heterocycles. The van der Waals surface area contributed by atoms with Gasteiger partial charge in [-0.1, -0.05) is 31.5 Å². The van der Waals surface area contributed by atoms with Crippen LogP contribution < -0.4 is 10.5 Å². The second-order valence-corrected chi connectivity index (χ2v) is 4.61. The van der Waals surface area contributed by atoms with Crippen molar-refractivity contribution < 1.29 is 9.53 Å². The Hall–Kier alpha value is -1.55. The lowest BCUT2D eigenvalue weighted by molar-refractivity contribution is -0.133. The molecule has 0 bridgehead atoms. The zero-order chi connectivity index (χ0) is 13.0. The number of carbonyl (C=O) groups is 1. The van der Waals surface area contributed by atoms with Crippen LogP contribution in [0.3, 0.4) is 0 Å². The molecule has 0 saturated heterocycles. The van der Waals surface area contributed by atoms with Gasteiger partial charge in [-0.15, -0.1) is 0 Å². The number of carbonyl (C=O) groups excluding carboxylic acids is 1. The van der Waals surface area contributed by atoms with Crippen molar-refractivity contribution in [3.63, 3.8) is 0 Å². The molecule has 2 rings (SSSR count). The van der Waals surface area contributed by atoms with Crippen molar-refractivity contribution in [2.75, 3.05) is 13.2 Å². The zero-order valence-electron chi connectivity index (χ0n) is 10.8. The topological polar surface area (TPSA) is 55.6 Å². The third-order valence-electron chi connectivity index (χ3n) is 3.18. The lowest BCUT2D eigenvalue weighted by atomic mass is 10.1. The average Bonchev–Trinajstić information content (AvgIpc) is 2.60. The first-order valence-electron chi connectivity index (χ1n) is 6.47. The highest BCUT2D eigenvalue weighted by molar-refractivity contribution is 5.81. The maximum Gasteiger partial charge on any atom is 0.239 e. The van der Waals surface area contributed by atoms with Crippen LogP contribution in [0.4, 0.5) is 0 Å². The van der Waals surface area contributed by atoms with E-state index in [-0.39, 0.29) is 11.9 Å². The van der Waals surface area contributed by atoms with Gasteiger partial charge in [0, 0.05) is 12.1 Å². The Morgan fingerprint density at radius 2 is 2.28 bits per heavy atom. The molecule has 1 aliphatic rings. The van der Waals surface area contributed by atoms with Crippen LogP contribution in [0.2, 0.25) is 0 Å². The van der Waals surface area contributed by atoms with E-state index >= 15 is 0 Å². The van der Waals surface area contributed by atoms with Crippen LogP contribution in [-0.4, -0.2) is 30.0 Å². The number of amides is 1. The predicted molar refractivity (Wildman–Crippen MR) is 70.2 cm³/mol. The van der Waals surface area contributed by atoms with Gasteiger partial charge in [0.1, 0.15) is 12.4 Å². The molecule has 1 atom stereocenters. The number of nitrogens with two attached hydrogens (primary N) is 1. The molecule has 0 spiro atoms. The molecule has 0 fully saturated rings. The molecular weight excluding hydrogens is 228 g/mol. The minimum Gasteiger partial charge on any atom is -0.491 e. The highest BCUT2D eigenvalue weighted by Crippen LogP contribution is 2.22. The number of fused-ring (bicyclic) bond motifs is 1. The van der Waals surface area contributed by atoms with Crippen molar-refractivity contribution in [1.82, 2.24) is 4.90 Å². The molecule has 0 aliphatic carbocycles. The molecule has 0 saturated carbocycles. The SMILES string of the molecule is CCC[C@H](N)C(=O)N1CCOc2ccccc2C1. The molecule has 2 N–H and O–H groups in total. The summed E-state index contributed by atoms with van der Waals surface area (Å²) in [7, 11) is 0. The van der Waals surface area contributed by atoms with E-state index in [1.807, 2.05) is 31.2 Å². The Morgan fingerprint density at radius 1 is 1.50 bits per heavy atom. The van der Waals surface area contributed by atoms with E-state index in [9.17, 15) is 4.79 Å². The van der Waals surface area contributed by atoms with E-state index in [1.165, 1.54) is 0 Å². The third kappa shape index (κ3) is 2.82. The number of hydrogen-bond acceptors (Lipinski definition) is 3. The predicted octanol–water partition coefficient (Wildman–Crippen LogP) is 1.53.